The van der Waals surface area contributed by atoms with E-state index in [2.05, 4.69) is 5.32 Å². The van der Waals surface area contributed by atoms with Crippen LogP contribution in [0.3, 0.4) is 0 Å². The van der Waals surface area contributed by atoms with Crippen LogP contribution in [0.5, 0.6) is 0 Å². The first kappa shape index (κ1) is 15.7. The number of ether oxygens (including phenoxy) is 1. The minimum absolute atomic E-state index is 0.188. The summed E-state index contributed by atoms with van der Waals surface area (Å²) in [4.78, 5) is 23.7. The molecule has 1 N–H and O–H groups in total. The van der Waals surface area contributed by atoms with E-state index in [9.17, 15) is 9.59 Å². The van der Waals surface area contributed by atoms with E-state index >= 15 is 0 Å². The molecule has 1 fully saturated rings. The maximum atomic E-state index is 12.5. The summed E-state index contributed by atoms with van der Waals surface area (Å²) in [5.41, 5.74) is 1.74. The monoisotopic (exact) mass is 314 g/mol. The molecule has 122 valence electrons. The molecule has 0 spiro atoms. The van der Waals surface area contributed by atoms with Gasteiger partial charge in [0.15, 0.2) is 11.7 Å². The van der Waals surface area contributed by atoms with Crippen molar-refractivity contribution >= 4 is 6.29 Å². The zero-order valence-corrected chi connectivity index (χ0v) is 13.3. The van der Waals surface area contributed by atoms with Gasteiger partial charge >= 0.3 is 0 Å². The van der Waals surface area contributed by atoms with E-state index in [0.29, 0.717) is 17.8 Å². The normalized spacial score (nSPS) is 21.6. The van der Waals surface area contributed by atoms with Gasteiger partial charge in [0.05, 0.1) is 11.6 Å². The summed E-state index contributed by atoms with van der Waals surface area (Å²) in [6.07, 6.45) is 12.1. The lowest BCUT2D eigenvalue weighted by Crippen LogP contribution is -2.28. The quantitative estimate of drug-likeness (QED) is 0.866. The van der Waals surface area contributed by atoms with Gasteiger partial charge in [0.1, 0.15) is 0 Å². The van der Waals surface area contributed by atoms with Crippen LogP contribution in [0.15, 0.2) is 41.1 Å². The number of nitrogens with one attached hydrogen (secondary N) is 1. The molecule has 2 aliphatic heterocycles. The van der Waals surface area contributed by atoms with Gasteiger partial charge in [0.2, 0.25) is 0 Å². The second kappa shape index (κ2) is 6.96. The maximum absolute atomic E-state index is 12.5. The molecule has 2 aliphatic rings. The van der Waals surface area contributed by atoms with Gasteiger partial charge in [-0.15, -0.1) is 0 Å². The molecule has 5 heteroatoms. The number of hydrogen-bond acceptors (Lipinski definition) is 4. The Bertz CT molecular complexity index is 697. The molecule has 0 saturated carbocycles. The number of hydrogen-bond donors (Lipinski definition) is 1. The molecule has 0 aliphatic carbocycles. The predicted molar refractivity (Wildman–Crippen MR) is 88.4 cm³/mol. The van der Waals surface area contributed by atoms with Crippen LogP contribution in [0, 0.1) is 5.92 Å². The van der Waals surface area contributed by atoms with Crippen molar-refractivity contribution in [3.8, 4) is 0 Å². The number of pyridine rings is 1. The fraction of sp³-hybridized carbons (Fsp3) is 0.444. The molecule has 1 aromatic rings. The Labute approximate surface area is 135 Å². The number of aldehydes is 1. The standard InChI is InChI=1S/C18H22N2O3/c1-13-2-3-17(19-8-13)16-11-20(10-15(12-21)18(16)22)9-14-4-6-23-7-5-14/h2-3,8,10-12,14,17,19H,4-7,9H2,1H3. The Balaban J connectivity index is 1.89. The van der Waals surface area contributed by atoms with Crippen molar-refractivity contribution in [2.75, 3.05) is 13.2 Å². The average molecular weight is 314 g/mol. The van der Waals surface area contributed by atoms with Gasteiger partial charge in [-0.3, -0.25) is 9.59 Å². The summed E-state index contributed by atoms with van der Waals surface area (Å²) in [5.74, 6) is 0.524. The second-order valence-corrected chi connectivity index (χ2v) is 6.26. The van der Waals surface area contributed by atoms with E-state index in [4.69, 9.17) is 4.74 Å². The minimum atomic E-state index is -0.196. The van der Waals surface area contributed by atoms with Crippen LogP contribution in [0.1, 0.15) is 41.7 Å². The number of allylic oxidation sites excluding steroid dienone is 2. The number of carbonyl (C=O) groups excluding carboxylic acids is 1. The largest absolute Gasteiger partial charge is 0.381 e. The first-order valence-corrected chi connectivity index (χ1v) is 8.05. The van der Waals surface area contributed by atoms with Crippen LogP contribution in [0.4, 0.5) is 0 Å². The van der Waals surface area contributed by atoms with Gasteiger partial charge < -0.3 is 14.6 Å². The van der Waals surface area contributed by atoms with Crippen LogP contribution in [0.2, 0.25) is 0 Å². The maximum Gasteiger partial charge on any atom is 0.197 e. The van der Waals surface area contributed by atoms with E-state index in [1.165, 1.54) is 0 Å². The lowest BCUT2D eigenvalue weighted by Gasteiger charge is -2.24. The van der Waals surface area contributed by atoms with Crippen molar-refractivity contribution in [3.63, 3.8) is 0 Å². The Kier molecular flexibility index (Phi) is 4.76. The summed E-state index contributed by atoms with van der Waals surface area (Å²) in [6, 6.07) is -0.188. The zero-order chi connectivity index (χ0) is 16.2. The number of rotatable bonds is 4. The Hall–Kier alpha value is -2.14. The third kappa shape index (κ3) is 3.62. The van der Waals surface area contributed by atoms with Crippen LogP contribution in [-0.2, 0) is 11.3 Å². The van der Waals surface area contributed by atoms with Crippen LogP contribution in [-0.4, -0.2) is 24.1 Å². The van der Waals surface area contributed by atoms with E-state index in [-0.39, 0.29) is 17.0 Å². The topological polar surface area (TPSA) is 60.3 Å². The van der Waals surface area contributed by atoms with Gasteiger partial charge in [0.25, 0.3) is 0 Å². The SMILES string of the molecule is CC1=CNC(c2cn(CC3CCOCC3)cc(C=O)c2=O)C=C1. The smallest absolute Gasteiger partial charge is 0.197 e. The second-order valence-electron chi connectivity index (χ2n) is 6.26. The minimum Gasteiger partial charge on any atom is -0.381 e. The van der Waals surface area contributed by atoms with Crippen molar-refractivity contribution in [1.29, 1.82) is 0 Å². The van der Waals surface area contributed by atoms with Gasteiger partial charge in [-0.05, 0) is 31.3 Å². The summed E-state index contributed by atoms with van der Waals surface area (Å²) in [5, 5.41) is 3.21. The molecule has 0 amide bonds. The molecule has 23 heavy (non-hydrogen) atoms. The third-order valence-electron chi connectivity index (χ3n) is 4.45. The highest BCUT2D eigenvalue weighted by Gasteiger charge is 2.19. The lowest BCUT2D eigenvalue weighted by atomic mass is 9.99. The molecule has 1 unspecified atom stereocenters. The number of dihydropyridines is 1. The third-order valence-corrected chi connectivity index (χ3v) is 4.45. The highest BCUT2D eigenvalue weighted by molar-refractivity contribution is 5.74. The molecule has 3 heterocycles. The number of aromatic nitrogens is 1. The summed E-state index contributed by atoms with van der Waals surface area (Å²) in [6.45, 7) is 4.37. The summed E-state index contributed by atoms with van der Waals surface area (Å²) < 4.78 is 7.37. The first-order valence-electron chi connectivity index (χ1n) is 8.05. The van der Waals surface area contributed by atoms with Crippen molar-refractivity contribution in [2.24, 2.45) is 5.92 Å². The van der Waals surface area contributed by atoms with Crippen molar-refractivity contribution in [2.45, 2.75) is 32.4 Å². The summed E-state index contributed by atoms with van der Waals surface area (Å²) in [7, 11) is 0. The van der Waals surface area contributed by atoms with Gasteiger partial charge in [-0.1, -0.05) is 12.2 Å². The highest BCUT2D eigenvalue weighted by Crippen LogP contribution is 2.20. The zero-order valence-electron chi connectivity index (χ0n) is 13.3. The fourth-order valence-corrected chi connectivity index (χ4v) is 3.08. The highest BCUT2D eigenvalue weighted by atomic mass is 16.5. The molecule has 3 rings (SSSR count). The van der Waals surface area contributed by atoms with Crippen LogP contribution < -0.4 is 10.7 Å². The Morgan fingerprint density at radius 3 is 2.78 bits per heavy atom. The lowest BCUT2D eigenvalue weighted by molar-refractivity contribution is 0.0611. The molecule has 5 nitrogen and oxygen atoms in total. The number of carbonyl (C=O) groups is 1. The molecule has 0 radical (unpaired) electrons. The average Bonchev–Trinajstić information content (AvgIpc) is 2.58. The molecule has 0 aromatic carbocycles. The van der Waals surface area contributed by atoms with Crippen molar-refractivity contribution in [1.82, 2.24) is 9.88 Å². The van der Waals surface area contributed by atoms with Gasteiger partial charge in [0, 0.05) is 43.9 Å². The predicted octanol–water partition coefficient (Wildman–Crippen LogP) is 2.19. The van der Waals surface area contributed by atoms with E-state index in [1.54, 1.807) is 6.20 Å². The number of nitrogens with zero attached hydrogens (tertiary/aromatic N) is 1. The van der Waals surface area contributed by atoms with Crippen LogP contribution in [0.25, 0.3) is 0 Å². The van der Waals surface area contributed by atoms with E-state index < -0.39 is 0 Å². The van der Waals surface area contributed by atoms with Crippen molar-refractivity contribution in [3.05, 3.63) is 57.7 Å². The molecular weight excluding hydrogens is 292 g/mol. The Morgan fingerprint density at radius 2 is 2.13 bits per heavy atom. The van der Waals surface area contributed by atoms with Crippen LogP contribution >= 0.6 is 0 Å². The summed E-state index contributed by atoms with van der Waals surface area (Å²) >= 11 is 0. The van der Waals surface area contributed by atoms with E-state index in [1.807, 2.05) is 36.0 Å². The molecule has 1 saturated heterocycles. The first-order chi connectivity index (χ1) is 11.2. The van der Waals surface area contributed by atoms with Gasteiger partial charge in [-0.25, -0.2) is 0 Å². The van der Waals surface area contributed by atoms with Gasteiger partial charge in [-0.2, -0.15) is 0 Å². The van der Waals surface area contributed by atoms with Crippen molar-refractivity contribution < 1.29 is 9.53 Å². The molecular formula is C18H22N2O3. The molecule has 0 bridgehead atoms. The van der Waals surface area contributed by atoms with E-state index in [0.717, 1.165) is 38.2 Å². The Morgan fingerprint density at radius 1 is 1.35 bits per heavy atom. The fourth-order valence-electron chi connectivity index (χ4n) is 3.08. The molecule has 1 atom stereocenters. The molecule has 1 aromatic heterocycles.